The Labute approximate surface area is 80.0 Å². The SMILES string of the molecule is c1ccc(OCc2nncs2)cc1. The Balaban J connectivity index is 1.94. The standard InChI is InChI=1S/C9H8N2OS/c1-2-4-8(5-3-1)12-6-9-11-10-7-13-9/h1-5,7H,6H2. The average molecular weight is 192 g/mol. The minimum atomic E-state index is 0.495. The number of nitrogens with zero attached hydrogens (tertiary/aromatic N) is 2. The molecule has 0 spiro atoms. The van der Waals surface area contributed by atoms with Crippen molar-refractivity contribution in [1.29, 1.82) is 0 Å². The van der Waals surface area contributed by atoms with Gasteiger partial charge < -0.3 is 4.74 Å². The molecule has 0 saturated carbocycles. The fourth-order valence-electron chi connectivity index (χ4n) is 0.921. The van der Waals surface area contributed by atoms with Gasteiger partial charge in [-0.15, -0.1) is 21.5 Å². The first kappa shape index (κ1) is 8.19. The van der Waals surface area contributed by atoms with Crippen LogP contribution in [-0.2, 0) is 6.61 Å². The van der Waals surface area contributed by atoms with Crippen LogP contribution in [-0.4, -0.2) is 10.2 Å². The third-order valence-corrected chi connectivity index (χ3v) is 2.18. The highest BCUT2D eigenvalue weighted by Crippen LogP contribution is 2.11. The summed E-state index contributed by atoms with van der Waals surface area (Å²) in [5.74, 6) is 0.859. The smallest absolute Gasteiger partial charge is 0.154 e. The fraction of sp³-hybridized carbons (Fsp3) is 0.111. The normalized spacial score (nSPS) is 9.85. The van der Waals surface area contributed by atoms with E-state index in [-0.39, 0.29) is 0 Å². The van der Waals surface area contributed by atoms with Crippen molar-refractivity contribution in [3.05, 3.63) is 40.8 Å². The largest absolute Gasteiger partial charge is 0.486 e. The zero-order valence-electron chi connectivity index (χ0n) is 6.88. The van der Waals surface area contributed by atoms with E-state index in [1.54, 1.807) is 5.51 Å². The van der Waals surface area contributed by atoms with Crippen LogP contribution in [0, 0.1) is 0 Å². The molecule has 2 aromatic rings. The molecule has 66 valence electrons. The van der Waals surface area contributed by atoms with Crippen molar-refractivity contribution >= 4 is 11.3 Å². The minimum absolute atomic E-state index is 0.495. The van der Waals surface area contributed by atoms with Crippen LogP contribution in [0.2, 0.25) is 0 Å². The molecule has 0 unspecified atom stereocenters. The molecule has 1 heterocycles. The maximum absolute atomic E-state index is 5.46. The summed E-state index contributed by atoms with van der Waals surface area (Å²) in [7, 11) is 0. The van der Waals surface area contributed by atoms with Crippen molar-refractivity contribution in [2.75, 3.05) is 0 Å². The molecule has 3 nitrogen and oxygen atoms in total. The molecule has 4 heteroatoms. The lowest BCUT2D eigenvalue weighted by atomic mass is 10.3. The van der Waals surface area contributed by atoms with Gasteiger partial charge in [-0.3, -0.25) is 0 Å². The van der Waals surface area contributed by atoms with Gasteiger partial charge in [0.1, 0.15) is 17.9 Å². The average Bonchev–Trinajstić information content (AvgIpc) is 2.69. The molecule has 0 aliphatic carbocycles. The Morgan fingerprint density at radius 1 is 1.23 bits per heavy atom. The Morgan fingerprint density at radius 3 is 2.77 bits per heavy atom. The van der Waals surface area contributed by atoms with E-state index < -0.39 is 0 Å². The summed E-state index contributed by atoms with van der Waals surface area (Å²) in [6.07, 6.45) is 0. The lowest BCUT2D eigenvalue weighted by Gasteiger charge is -2.01. The number of hydrogen-bond donors (Lipinski definition) is 0. The summed E-state index contributed by atoms with van der Waals surface area (Å²) in [5, 5.41) is 8.49. The number of para-hydroxylation sites is 1. The van der Waals surface area contributed by atoms with Gasteiger partial charge in [-0.2, -0.15) is 0 Å². The van der Waals surface area contributed by atoms with E-state index in [1.807, 2.05) is 30.3 Å². The molecule has 0 bridgehead atoms. The van der Waals surface area contributed by atoms with E-state index in [4.69, 9.17) is 4.74 Å². The summed E-state index contributed by atoms with van der Waals surface area (Å²) in [4.78, 5) is 0. The first-order valence-corrected chi connectivity index (χ1v) is 4.76. The predicted octanol–water partition coefficient (Wildman–Crippen LogP) is 2.12. The molecule has 0 saturated heterocycles. The molecule has 0 radical (unpaired) electrons. The van der Waals surface area contributed by atoms with Crippen LogP contribution < -0.4 is 4.74 Å². The maximum Gasteiger partial charge on any atom is 0.154 e. The molecule has 0 aliphatic rings. The Morgan fingerprint density at radius 2 is 2.08 bits per heavy atom. The van der Waals surface area contributed by atoms with Crippen LogP contribution in [0.4, 0.5) is 0 Å². The molecule has 13 heavy (non-hydrogen) atoms. The summed E-state index contributed by atoms with van der Waals surface area (Å²) < 4.78 is 5.46. The van der Waals surface area contributed by atoms with Gasteiger partial charge in [0.25, 0.3) is 0 Å². The van der Waals surface area contributed by atoms with Crippen molar-refractivity contribution in [1.82, 2.24) is 10.2 Å². The second-order valence-electron chi connectivity index (χ2n) is 2.43. The quantitative estimate of drug-likeness (QED) is 0.747. The predicted molar refractivity (Wildman–Crippen MR) is 50.7 cm³/mol. The van der Waals surface area contributed by atoms with Crippen molar-refractivity contribution in [3.63, 3.8) is 0 Å². The highest BCUT2D eigenvalue weighted by atomic mass is 32.1. The van der Waals surface area contributed by atoms with E-state index in [2.05, 4.69) is 10.2 Å². The van der Waals surface area contributed by atoms with E-state index in [0.29, 0.717) is 6.61 Å². The van der Waals surface area contributed by atoms with Crippen LogP contribution in [0.5, 0.6) is 5.75 Å². The van der Waals surface area contributed by atoms with Crippen LogP contribution in [0.15, 0.2) is 35.8 Å². The summed E-state index contributed by atoms with van der Waals surface area (Å²) in [6, 6.07) is 9.67. The molecule has 2 rings (SSSR count). The molecule has 0 aliphatic heterocycles. The van der Waals surface area contributed by atoms with Gasteiger partial charge >= 0.3 is 0 Å². The molecule has 0 N–H and O–H groups in total. The fourth-order valence-corrected chi connectivity index (χ4v) is 1.36. The molecule has 0 amide bonds. The third-order valence-electron chi connectivity index (χ3n) is 1.51. The lowest BCUT2D eigenvalue weighted by Crippen LogP contribution is -1.94. The third kappa shape index (κ3) is 2.26. The van der Waals surface area contributed by atoms with Gasteiger partial charge in [-0.1, -0.05) is 18.2 Å². The van der Waals surface area contributed by atoms with Crippen molar-refractivity contribution in [3.8, 4) is 5.75 Å². The summed E-state index contributed by atoms with van der Waals surface area (Å²) in [6.45, 7) is 0.495. The number of hydrogen-bond acceptors (Lipinski definition) is 4. The zero-order chi connectivity index (χ0) is 8.93. The minimum Gasteiger partial charge on any atom is -0.486 e. The van der Waals surface area contributed by atoms with Crippen LogP contribution in [0.1, 0.15) is 5.01 Å². The summed E-state index contributed by atoms with van der Waals surface area (Å²) >= 11 is 1.49. The van der Waals surface area contributed by atoms with Gasteiger partial charge in [-0.05, 0) is 12.1 Å². The molecule has 1 aromatic heterocycles. The summed E-state index contributed by atoms with van der Waals surface area (Å²) in [5.41, 5.74) is 1.70. The maximum atomic E-state index is 5.46. The Bertz CT molecular complexity index is 347. The van der Waals surface area contributed by atoms with Gasteiger partial charge in [0, 0.05) is 0 Å². The number of benzene rings is 1. The van der Waals surface area contributed by atoms with Gasteiger partial charge in [0.05, 0.1) is 0 Å². The van der Waals surface area contributed by atoms with Crippen molar-refractivity contribution in [2.45, 2.75) is 6.61 Å². The highest BCUT2D eigenvalue weighted by molar-refractivity contribution is 7.09. The molecule has 1 aromatic carbocycles. The monoisotopic (exact) mass is 192 g/mol. The van der Waals surface area contributed by atoms with E-state index >= 15 is 0 Å². The first-order chi connectivity index (χ1) is 6.45. The molecule has 0 atom stereocenters. The Hall–Kier alpha value is -1.42. The van der Waals surface area contributed by atoms with Gasteiger partial charge in [0.15, 0.2) is 5.01 Å². The number of aromatic nitrogens is 2. The second kappa shape index (κ2) is 4.00. The van der Waals surface area contributed by atoms with E-state index in [9.17, 15) is 0 Å². The molecule has 0 fully saturated rings. The molecular formula is C9H8N2OS. The van der Waals surface area contributed by atoms with E-state index in [1.165, 1.54) is 11.3 Å². The lowest BCUT2D eigenvalue weighted by molar-refractivity contribution is 0.304. The molecular weight excluding hydrogens is 184 g/mol. The second-order valence-corrected chi connectivity index (χ2v) is 3.35. The van der Waals surface area contributed by atoms with Crippen molar-refractivity contribution in [2.24, 2.45) is 0 Å². The van der Waals surface area contributed by atoms with Crippen LogP contribution in [0.3, 0.4) is 0 Å². The van der Waals surface area contributed by atoms with Crippen molar-refractivity contribution < 1.29 is 4.74 Å². The van der Waals surface area contributed by atoms with Crippen LogP contribution in [0.25, 0.3) is 0 Å². The zero-order valence-corrected chi connectivity index (χ0v) is 7.70. The Kier molecular flexibility index (Phi) is 2.52. The number of ether oxygens (including phenoxy) is 1. The van der Waals surface area contributed by atoms with Crippen LogP contribution >= 0.6 is 11.3 Å². The highest BCUT2D eigenvalue weighted by Gasteiger charge is 1.97. The first-order valence-electron chi connectivity index (χ1n) is 3.88. The van der Waals surface area contributed by atoms with Gasteiger partial charge in [0.2, 0.25) is 0 Å². The van der Waals surface area contributed by atoms with E-state index in [0.717, 1.165) is 10.8 Å². The topological polar surface area (TPSA) is 35.0 Å². The number of rotatable bonds is 3. The van der Waals surface area contributed by atoms with Gasteiger partial charge in [-0.25, -0.2) is 0 Å².